The molecular weight excluding hydrogens is 270 g/mol. The molecular formula is C18H24F2O. The molecule has 1 nitrogen and oxygen atoms in total. The number of carbonyl (C=O) groups excluding carboxylic acids is 1. The summed E-state index contributed by atoms with van der Waals surface area (Å²) >= 11 is 0. The molecule has 0 amide bonds. The smallest absolute Gasteiger partial charge is 0.251 e. The Hall–Kier alpha value is -1.25. The van der Waals surface area contributed by atoms with Gasteiger partial charge in [0.25, 0.3) is 5.92 Å². The van der Waals surface area contributed by atoms with Crippen LogP contribution in [0.3, 0.4) is 0 Å². The summed E-state index contributed by atoms with van der Waals surface area (Å²) in [6.45, 7) is 1.82. The molecule has 1 aromatic carbocycles. The maximum absolute atomic E-state index is 14.2. The number of alkyl halides is 2. The van der Waals surface area contributed by atoms with E-state index in [9.17, 15) is 13.6 Å². The van der Waals surface area contributed by atoms with Crippen LogP contribution in [0.4, 0.5) is 8.78 Å². The standard InChI is InChI=1S/C18H24F2O/c1-2-17(21)15-10-8-14(9-11-15)13-16-7-5-3-4-6-12-18(16,19)20/h8-11,16H,2-7,12-13H2,1H3. The van der Waals surface area contributed by atoms with Crippen LogP contribution < -0.4 is 0 Å². The lowest BCUT2D eigenvalue weighted by Crippen LogP contribution is -2.31. The van der Waals surface area contributed by atoms with Gasteiger partial charge in [-0.3, -0.25) is 4.79 Å². The van der Waals surface area contributed by atoms with Gasteiger partial charge in [-0.05, 0) is 24.8 Å². The van der Waals surface area contributed by atoms with E-state index in [1.54, 1.807) is 12.1 Å². The summed E-state index contributed by atoms with van der Waals surface area (Å²) in [5.74, 6) is -3.03. The summed E-state index contributed by atoms with van der Waals surface area (Å²) in [4.78, 5) is 11.6. The van der Waals surface area contributed by atoms with Crippen molar-refractivity contribution in [1.29, 1.82) is 0 Å². The van der Waals surface area contributed by atoms with E-state index in [0.717, 1.165) is 24.8 Å². The van der Waals surface area contributed by atoms with Gasteiger partial charge in [0, 0.05) is 24.3 Å². The molecule has 21 heavy (non-hydrogen) atoms. The van der Waals surface area contributed by atoms with Crippen LogP contribution in [0.25, 0.3) is 0 Å². The number of Topliss-reactive ketones (excluding diaryl/α,β-unsaturated/α-hetero) is 1. The Morgan fingerprint density at radius 1 is 1.14 bits per heavy atom. The fourth-order valence-corrected chi connectivity index (χ4v) is 3.09. The third-order valence-corrected chi connectivity index (χ3v) is 4.49. The van der Waals surface area contributed by atoms with Gasteiger partial charge in [-0.15, -0.1) is 0 Å². The molecule has 1 fully saturated rings. The molecule has 116 valence electrons. The van der Waals surface area contributed by atoms with Crippen molar-refractivity contribution < 1.29 is 13.6 Å². The van der Waals surface area contributed by atoms with Gasteiger partial charge in [0.15, 0.2) is 5.78 Å². The Kier molecular flexibility index (Phi) is 5.49. The first kappa shape index (κ1) is 16.1. The third-order valence-electron chi connectivity index (χ3n) is 4.49. The zero-order valence-corrected chi connectivity index (χ0v) is 12.7. The predicted octanol–water partition coefficient (Wildman–Crippen LogP) is 5.43. The fourth-order valence-electron chi connectivity index (χ4n) is 3.09. The summed E-state index contributed by atoms with van der Waals surface area (Å²) in [7, 11) is 0. The topological polar surface area (TPSA) is 17.1 Å². The minimum absolute atomic E-state index is 0.0179. The van der Waals surface area contributed by atoms with E-state index in [1.165, 1.54) is 0 Å². The highest BCUT2D eigenvalue weighted by molar-refractivity contribution is 5.95. The number of hydrogen-bond donors (Lipinski definition) is 0. The summed E-state index contributed by atoms with van der Waals surface area (Å²) in [5.41, 5.74) is 1.58. The first-order chi connectivity index (χ1) is 10.0. The van der Waals surface area contributed by atoms with Crippen molar-refractivity contribution in [3.8, 4) is 0 Å². The molecule has 1 saturated carbocycles. The molecule has 2 rings (SSSR count). The van der Waals surface area contributed by atoms with Crippen LogP contribution in [-0.4, -0.2) is 11.7 Å². The first-order valence-corrected chi connectivity index (χ1v) is 8.03. The number of ketones is 1. The quantitative estimate of drug-likeness (QED) is 0.677. The van der Waals surface area contributed by atoms with Crippen LogP contribution in [0.2, 0.25) is 0 Å². The molecule has 1 atom stereocenters. The van der Waals surface area contributed by atoms with E-state index < -0.39 is 11.8 Å². The Morgan fingerprint density at radius 2 is 1.81 bits per heavy atom. The lowest BCUT2D eigenvalue weighted by atomic mass is 9.83. The van der Waals surface area contributed by atoms with Crippen LogP contribution >= 0.6 is 0 Å². The van der Waals surface area contributed by atoms with Crippen LogP contribution in [0.5, 0.6) is 0 Å². The van der Waals surface area contributed by atoms with Crippen molar-refractivity contribution in [2.75, 3.05) is 0 Å². The van der Waals surface area contributed by atoms with Gasteiger partial charge in [0.2, 0.25) is 0 Å². The highest BCUT2D eigenvalue weighted by Crippen LogP contribution is 2.38. The Morgan fingerprint density at radius 3 is 2.48 bits per heavy atom. The van der Waals surface area contributed by atoms with Gasteiger partial charge >= 0.3 is 0 Å². The second-order valence-corrected chi connectivity index (χ2v) is 6.09. The summed E-state index contributed by atoms with van der Waals surface area (Å²) in [6, 6.07) is 7.19. The molecule has 1 unspecified atom stereocenters. The maximum atomic E-state index is 14.2. The van der Waals surface area contributed by atoms with E-state index in [4.69, 9.17) is 0 Å². The number of halogens is 2. The van der Waals surface area contributed by atoms with Crippen molar-refractivity contribution in [3.63, 3.8) is 0 Å². The van der Waals surface area contributed by atoms with Gasteiger partial charge in [0.05, 0.1) is 0 Å². The second kappa shape index (κ2) is 7.15. The van der Waals surface area contributed by atoms with Gasteiger partial charge in [-0.1, -0.05) is 50.5 Å². The largest absolute Gasteiger partial charge is 0.294 e. The van der Waals surface area contributed by atoms with Crippen molar-refractivity contribution in [3.05, 3.63) is 35.4 Å². The average molecular weight is 294 g/mol. The number of carbonyl (C=O) groups is 1. The van der Waals surface area contributed by atoms with Gasteiger partial charge in [0.1, 0.15) is 0 Å². The van der Waals surface area contributed by atoms with E-state index in [-0.39, 0.29) is 12.2 Å². The van der Waals surface area contributed by atoms with Crippen molar-refractivity contribution in [2.45, 2.75) is 64.2 Å². The predicted molar refractivity (Wildman–Crippen MR) is 80.9 cm³/mol. The minimum Gasteiger partial charge on any atom is -0.294 e. The molecule has 0 radical (unpaired) electrons. The molecule has 1 aliphatic carbocycles. The first-order valence-electron chi connectivity index (χ1n) is 8.03. The zero-order valence-electron chi connectivity index (χ0n) is 12.7. The van der Waals surface area contributed by atoms with Crippen molar-refractivity contribution >= 4 is 5.78 Å². The van der Waals surface area contributed by atoms with E-state index in [2.05, 4.69) is 0 Å². The molecule has 1 aliphatic rings. The maximum Gasteiger partial charge on any atom is 0.251 e. The van der Waals surface area contributed by atoms with E-state index >= 15 is 0 Å². The monoisotopic (exact) mass is 294 g/mol. The minimum atomic E-state index is -2.56. The fraction of sp³-hybridized carbons (Fsp3) is 0.611. The second-order valence-electron chi connectivity index (χ2n) is 6.09. The number of rotatable bonds is 4. The van der Waals surface area contributed by atoms with Crippen LogP contribution in [-0.2, 0) is 6.42 Å². The van der Waals surface area contributed by atoms with Crippen LogP contribution in [0, 0.1) is 5.92 Å². The Balaban J connectivity index is 2.06. The molecule has 0 bridgehead atoms. The molecule has 0 saturated heterocycles. The van der Waals surface area contributed by atoms with Crippen molar-refractivity contribution in [1.82, 2.24) is 0 Å². The van der Waals surface area contributed by atoms with E-state index in [1.807, 2.05) is 19.1 Å². The Labute approximate surface area is 125 Å². The van der Waals surface area contributed by atoms with Crippen LogP contribution in [0.1, 0.15) is 67.8 Å². The summed E-state index contributed by atoms with van der Waals surface area (Å²) in [6.07, 6.45) is 5.02. The number of benzene rings is 1. The van der Waals surface area contributed by atoms with Gasteiger partial charge in [-0.25, -0.2) is 8.78 Å². The lowest BCUT2D eigenvalue weighted by Gasteiger charge is -2.29. The average Bonchev–Trinajstić information content (AvgIpc) is 2.47. The lowest BCUT2D eigenvalue weighted by molar-refractivity contribution is -0.0740. The number of hydrogen-bond acceptors (Lipinski definition) is 1. The summed E-state index contributed by atoms with van der Waals surface area (Å²) in [5, 5.41) is 0. The van der Waals surface area contributed by atoms with Crippen LogP contribution in [0.15, 0.2) is 24.3 Å². The molecule has 0 aromatic heterocycles. The molecule has 0 spiro atoms. The SMILES string of the molecule is CCC(=O)c1ccc(CC2CCCCCCC2(F)F)cc1. The molecule has 3 heteroatoms. The molecule has 0 aliphatic heterocycles. The highest BCUT2D eigenvalue weighted by atomic mass is 19.3. The van der Waals surface area contributed by atoms with Crippen molar-refractivity contribution in [2.24, 2.45) is 5.92 Å². The third kappa shape index (κ3) is 4.36. The zero-order chi connectivity index (χ0) is 15.3. The molecule has 0 N–H and O–H groups in total. The molecule has 0 heterocycles. The Bertz CT molecular complexity index is 465. The normalized spacial score (nSPS) is 22.3. The molecule has 1 aromatic rings. The summed E-state index contributed by atoms with van der Waals surface area (Å²) < 4.78 is 28.4. The highest BCUT2D eigenvalue weighted by Gasteiger charge is 2.38. The van der Waals surface area contributed by atoms with Gasteiger partial charge < -0.3 is 0 Å². The van der Waals surface area contributed by atoms with Gasteiger partial charge in [-0.2, -0.15) is 0 Å². The van der Waals surface area contributed by atoms with E-state index in [0.29, 0.717) is 31.2 Å².